The molecule has 0 unspecified atom stereocenters. The third-order valence-corrected chi connectivity index (χ3v) is 7.66. The average Bonchev–Trinajstić information content (AvgIpc) is 3.48. The van der Waals surface area contributed by atoms with E-state index >= 15 is 0 Å². The zero-order valence-corrected chi connectivity index (χ0v) is 20.8. The van der Waals surface area contributed by atoms with E-state index in [1.165, 1.54) is 16.5 Å². The van der Waals surface area contributed by atoms with Crippen molar-refractivity contribution in [1.82, 2.24) is 4.90 Å². The number of aliphatic imine (C=N–C) groups is 1. The number of hydrogen-bond acceptors (Lipinski definition) is 7. The third kappa shape index (κ3) is 4.71. The highest BCUT2D eigenvalue weighted by atomic mass is 32.1. The summed E-state index contributed by atoms with van der Waals surface area (Å²) in [6.45, 7) is 6.17. The molecule has 0 spiro atoms. The number of rotatable bonds is 6. The van der Waals surface area contributed by atoms with Crippen molar-refractivity contribution < 1.29 is 9.34 Å². The average molecular weight is 497 g/mol. The van der Waals surface area contributed by atoms with Crippen molar-refractivity contribution in [2.45, 2.75) is 33.4 Å². The monoisotopic (exact) mass is 496 g/mol. The number of nitriles is 1. The number of benzene rings is 2. The van der Waals surface area contributed by atoms with Gasteiger partial charge in [0.1, 0.15) is 22.6 Å². The van der Waals surface area contributed by atoms with Gasteiger partial charge in [-0.3, -0.25) is 15.0 Å². The van der Waals surface area contributed by atoms with E-state index in [0.717, 1.165) is 37.2 Å². The first-order chi connectivity index (χ1) is 17.4. The predicted molar refractivity (Wildman–Crippen MR) is 141 cm³/mol. The summed E-state index contributed by atoms with van der Waals surface area (Å²) < 4.78 is 5.92. The van der Waals surface area contributed by atoms with Crippen molar-refractivity contribution in [3.63, 3.8) is 0 Å². The van der Waals surface area contributed by atoms with Crippen LogP contribution in [0.25, 0.3) is 11.3 Å². The molecule has 3 heterocycles. The van der Waals surface area contributed by atoms with Gasteiger partial charge in [-0.15, -0.1) is 11.3 Å². The molecule has 2 aromatic heterocycles. The van der Waals surface area contributed by atoms with Gasteiger partial charge in [-0.1, -0.05) is 30.3 Å². The number of fused-ring (bicyclic) bond motifs is 1. The Morgan fingerprint density at radius 2 is 2.03 bits per heavy atom. The summed E-state index contributed by atoms with van der Waals surface area (Å²) in [5.41, 5.74) is 5.20. The van der Waals surface area contributed by atoms with E-state index in [1.807, 2.05) is 19.1 Å². The van der Waals surface area contributed by atoms with Crippen LogP contribution >= 0.6 is 11.3 Å². The molecule has 0 bridgehead atoms. The zero-order valence-electron chi connectivity index (χ0n) is 20.0. The lowest BCUT2D eigenvalue weighted by atomic mass is 10.0. The van der Waals surface area contributed by atoms with Crippen molar-refractivity contribution in [2.75, 3.05) is 6.54 Å². The van der Waals surface area contributed by atoms with Crippen LogP contribution < -0.4 is 0 Å². The molecule has 0 saturated carbocycles. The van der Waals surface area contributed by atoms with Gasteiger partial charge in [0.05, 0.1) is 16.7 Å². The van der Waals surface area contributed by atoms with E-state index < -0.39 is 0 Å². The topological polar surface area (TPSA) is 95.7 Å². The minimum Gasteiger partial charge on any atom is -0.455 e. The van der Waals surface area contributed by atoms with E-state index in [4.69, 9.17) is 4.42 Å². The quantitative estimate of drug-likeness (QED) is 0.168. The van der Waals surface area contributed by atoms with Gasteiger partial charge in [0.2, 0.25) is 0 Å². The maximum atomic E-state index is 11.4. The number of nitro groups is 1. The van der Waals surface area contributed by atoms with Crippen LogP contribution in [0.4, 0.5) is 10.7 Å². The number of thiophene rings is 1. The maximum absolute atomic E-state index is 11.4. The molecule has 2 aromatic carbocycles. The number of furan rings is 1. The molecule has 0 aliphatic carbocycles. The van der Waals surface area contributed by atoms with E-state index in [9.17, 15) is 15.4 Å². The molecule has 0 atom stereocenters. The number of hydrogen-bond donors (Lipinski definition) is 0. The molecule has 1 aliphatic rings. The van der Waals surface area contributed by atoms with E-state index in [0.29, 0.717) is 33.2 Å². The molecule has 0 fully saturated rings. The SMILES string of the molecule is Cc1cc(-c2ccc(C=Nc3sc4c(c3C#N)CCN(Cc3ccccc3)C4)o2)cc([N+](=O)[O-])c1C. The van der Waals surface area contributed by atoms with Crippen LogP contribution in [-0.2, 0) is 19.5 Å². The van der Waals surface area contributed by atoms with Gasteiger partial charge in [-0.2, -0.15) is 5.26 Å². The second kappa shape index (κ2) is 9.90. The molecular weight excluding hydrogens is 472 g/mol. The summed E-state index contributed by atoms with van der Waals surface area (Å²) in [6, 6.07) is 19.7. The Bertz CT molecular complexity index is 1510. The van der Waals surface area contributed by atoms with Gasteiger partial charge in [0, 0.05) is 41.7 Å². The van der Waals surface area contributed by atoms with Gasteiger partial charge in [-0.05, 0) is 55.2 Å². The smallest absolute Gasteiger partial charge is 0.273 e. The molecule has 8 heteroatoms. The normalized spacial score (nSPS) is 13.6. The summed E-state index contributed by atoms with van der Waals surface area (Å²) in [4.78, 5) is 19.2. The number of aryl methyl sites for hydroxylation is 1. The fourth-order valence-electron chi connectivity index (χ4n) is 4.50. The van der Waals surface area contributed by atoms with Gasteiger partial charge >= 0.3 is 0 Å². The summed E-state index contributed by atoms with van der Waals surface area (Å²) in [6.07, 6.45) is 2.44. The highest BCUT2D eigenvalue weighted by molar-refractivity contribution is 7.16. The van der Waals surface area contributed by atoms with Crippen LogP contribution in [0, 0.1) is 35.3 Å². The second-order valence-electron chi connectivity index (χ2n) is 8.90. The first kappa shape index (κ1) is 23.7. The highest BCUT2D eigenvalue weighted by Crippen LogP contribution is 2.39. The lowest BCUT2D eigenvalue weighted by Gasteiger charge is -2.26. The minimum absolute atomic E-state index is 0.0701. The molecule has 0 N–H and O–H groups in total. The van der Waals surface area contributed by atoms with Crippen molar-refractivity contribution in [1.29, 1.82) is 5.26 Å². The van der Waals surface area contributed by atoms with E-state index in [-0.39, 0.29) is 10.6 Å². The van der Waals surface area contributed by atoms with Crippen LogP contribution in [0.2, 0.25) is 0 Å². The van der Waals surface area contributed by atoms with Crippen LogP contribution in [0.5, 0.6) is 0 Å². The van der Waals surface area contributed by atoms with Crippen molar-refractivity contribution in [2.24, 2.45) is 4.99 Å². The Kier molecular flexibility index (Phi) is 6.51. The number of nitrogens with zero attached hydrogens (tertiary/aromatic N) is 4. The lowest BCUT2D eigenvalue weighted by molar-refractivity contribution is -0.385. The van der Waals surface area contributed by atoms with E-state index in [2.05, 4.69) is 40.2 Å². The largest absolute Gasteiger partial charge is 0.455 e. The molecule has 36 heavy (non-hydrogen) atoms. The Morgan fingerprint density at radius 1 is 1.22 bits per heavy atom. The first-order valence-corrected chi connectivity index (χ1v) is 12.5. The van der Waals surface area contributed by atoms with Crippen LogP contribution in [0.1, 0.15) is 38.5 Å². The molecular formula is C28H24N4O3S. The van der Waals surface area contributed by atoms with Crippen molar-refractivity contribution >= 4 is 28.2 Å². The molecule has 5 rings (SSSR count). The number of nitro benzene ring substituents is 1. The Labute approximate surface area is 213 Å². The third-order valence-electron chi connectivity index (χ3n) is 6.54. The van der Waals surface area contributed by atoms with Crippen molar-refractivity contribution in [3.8, 4) is 17.4 Å². The van der Waals surface area contributed by atoms with Crippen molar-refractivity contribution in [3.05, 3.63) is 103 Å². The molecule has 1 aliphatic heterocycles. The van der Waals surface area contributed by atoms with Crippen LogP contribution in [0.3, 0.4) is 0 Å². The van der Waals surface area contributed by atoms with Gasteiger partial charge in [0.25, 0.3) is 5.69 Å². The summed E-state index contributed by atoms with van der Waals surface area (Å²) in [5, 5.41) is 21.9. The molecule has 180 valence electrons. The summed E-state index contributed by atoms with van der Waals surface area (Å²) in [7, 11) is 0. The molecule has 4 aromatic rings. The Balaban J connectivity index is 1.36. The Morgan fingerprint density at radius 3 is 2.78 bits per heavy atom. The standard InChI is InChI=1S/C28H24N4O3S/c1-18-12-21(13-25(19(18)2)32(33)34)26-9-8-22(35-26)15-30-28-24(14-29)23-10-11-31(17-27(23)36-28)16-20-6-4-3-5-7-20/h3-9,12-13,15H,10-11,16-17H2,1-2H3. The van der Waals surface area contributed by atoms with E-state index in [1.54, 1.807) is 36.6 Å². The zero-order chi connectivity index (χ0) is 25.2. The molecule has 0 saturated heterocycles. The molecule has 0 radical (unpaired) electrons. The Hall–Kier alpha value is -4.06. The fraction of sp³-hybridized carbons (Fsp3) is 0.214. The summed E-state index contributed by atoms with van der Waals surface area (Å²) in [5.74, 6) is 1.05. The maximum Gasteiger partial charge on any atom is 0.273 e. The lowest BCUT2D eigenvalue weighted by Crippen LogP contribution is -2.29. The highest BCUT2D eigenvalue weighted by Gasteiger charge is 2.24. The van der Waals surface area contributed by atoms with Crippen LogP contribution in [0.15, 0.2) is 64.0 Å². The summed E-state index contributed by atoms with van der Waals surface area (Å²) >= 11 is 1.55. The minimum atomic E-state index is -0.375. The first-order valence-electron chi connectivity index (χ1n) is 11.6. The van der Waals surface area contributed by atoms with Gasteiger partial charge in [-0.25, -0.2) is 4.99 Å². The van der Waals surface area contributed by atoms with Gasteiger partial charge < -0.3 is 4.42 Å². The predicted octanol–water partition coefficient (Wildman–Crippen LogP) is 6.71. The molecule has 0 amide bonds. The molecule has 7 nitrogen and oxygen atoms in total. The fourth-order valence-corrected chi connectivity index (χ4v) is 5.68. The van der Waals surface area contributed by atoms with Crippen LogP contribution in [-0.4, -0.2) is 22.6 Å². The second-order valence-corrected chi connectivity index (χ2v) is 9.98. The van der Waals surface area contributed by atoms with Gasteiger partial charge in [0.15, 0.2) is 0 Å².